The molecule has 0 atom stereocenters. The molecule has 0 heterocycles. The van der Waals surface area contributed by atoms with Crippen LogP contribution in [0, 0.1) is 0 Å². The number of carbonyl (C=O) groups excluding carboxylic acids is 2. The summed E-state index contributed by atoms with van der Waals surface area (Å²) in [6, 6.07) is 29.2. The zero-order valence-electron chi connectivity index (χ0n) is 18.5. The van der Waals surface area contributed by atoms with E-state index in [0.717, 1.165) is 22.3 Å². The fourth-order valence-electron chi connectivity index (χ4n) is 4.09. The number of hydrogen-bond acceptors (Lipinski definition) is 4. The van der Waals surface area contributed by atoms with E-state index in [2.05, 4.69) is 0 Å². The first-order chi connectivity index (χ1) is 16.9. The van der Waals surface area contributed by atoms with E-state index in [-0.39, 0.29) is 13.2 Å². The van der Waals surface area contributed by atoms with E-state index in [1.807, 2.05) is 60.7 Å². The van der Waals surface area contributed by atoms with Gasteiger partial charge in [-0.15, -0.1) is 0 Å². The van der Waals surface area contributed by atoms with E-state index < -0.39 is 16.3 Å². The second-order valence-electron chi connectivity index (χ2n) is 8.22. The fraction of sp³-hybridized carbons (Fsp3) is 0.103. The zero-order chi connectivity index (χ0) is 24.4. The van der Waals surface area contributed by atoms with Crippen molar-refractivity contribution in [1.82, 2.24) is 0 Å². The molecule has 0 N–H and O–H groups in total. The molecule has 174 valence electrons. The second-order valence-corrected chi connectivity index (χ2v) is 9.55. The van der Waals surface area contributed by atoms with Crippen LogP contribution in [0.15, 0.2) is 97.1 Å². The van der Waals surface area contributed by atoms with Gasteiger partial charge in [-0.2, -0.15) is 0 Å². The smallest absolute Gasteiger partial charge is 0.338 e. The van der Waals surface area contributed by atoms with Crippen molar-refractivity contribution in [3.63, 3.8) is 0 Å². The largest absolute Gasteiger partial charge is 0.457 e. The molecule has 4 aromatic rings. The Morgan fingerprint density at radius 2 is 1.00 bits per heavy atom. The Morgan fingerprint density at radius 3 is 1.40 bits per heavy atom. The van der Waals surface area contributed by atoms with Gasteiger partial charge in [0.25, 0.3) is 0 Å². The lowest BCUT2D eigenvalue weighted by Gasteiger charge is -2.17. The van der Waals surface area contributed by atoms with E-state index in [1.165, 1.54) is 0 Å². The van der Waals surface area contributed by atoms with Crippen LogP contribution in [0.2, 0.25) is 0 Å². The lowest BCUT2D eigenvalue weighted by molar-refractivity contribution is 0.0464. The Bertz CT molecular complexity index is 1290. The van der Waals surface area contributed by atoms with Gasteiger partial charge in [0, 0.05) is 11.1 Å². The van der Waals surface area contributed by atoms with Crippen LogP contribution in [0.25, 0.3) is 11.1 Å². The predicted octanol–water partition coefficient (Wildman–Crippen LogP) is 7.06. The molecule has 5 rings (SSSR count). The molecule has 0 unspecified atom stereocenters. The number of rotatable bonds is 6. The number of carbonyl (C=O) groups is 2. The van der Waals surface area contributed by atoms with Gasteiger partial charge in [-0.05, 0) is 46.5 Å². The molecule has 4 aromatic carbocycles. The standard InChI is InChI=1S/C29H20Cl2O4/c30-29(31)25-15-21(27(32)34-17-19-7-3-1-4-8-19)11-13-23(25)24-14-12-22(16-26(24)29)28(33)35-18-20-9-5-2-6-10-20/h1-16H,17-18H2. The summed E-state index contributed by atoms with van der Waals surface area (Å²) in [5.41, 5.74) is 5.22. The number of esters is 2. The van der Waals surface area contributed by atoms with Crippen molar-refractivity contribution >= 4 is 35.1 Å². The molecule has 4 nitrogen and oxygen atoms in total. The van der Waals surface area contributed by atoms with Crippen molar-refractivity contribution in [1.29, 1.82) is 0 Å². The zero-order valence-corrected chi connectivity index (χ0v) is 20.1. The predicted molar refractivity (Wildman–Crippen MR) is 135 cm³/mol. The highest BCUT2D eigenvalue weighted by Crippen LogP contribution is 2.54. The van der Waals surface area contributed by atoms with Crippen LogP contribution in [0.3, 0.4) is 0 Å². The quantitative estimate of drug-likeness (QED) is 0.209. The fourth-order valence-corrected chi connectivity index (χ4v) is 4.72. The summed E-state index contributed by atoms with van der Waals surface area (Å²) in [5.74, 6) is -0.941. The SMILES string of the molecule is O=C(OCc1ccccc1)c1ccc2c(c1)C(Cl)(Cl)c1cc(C(=O)OCc3ccccc3)ccc1-2. The topological polar surface area (TPSA) is 52.6 Å². The molecular formula is C29H20Cl2O4. The summed E-state index contributed by atoms with van der Waals surface area (Å²) < 4.78 is 9.46. The minimum absolute atomic E-state index is 0.165. The van der Waals surface area contributed by atoms with Gasteiger partial charge < -0.3 is 9.47 Å². The first-order valence-corrected chi connectivity index (χ1v) is 11.8. The molecule has 1 aliphatic carbocycles. The van der Waals surface area contributed by atoms with E-state index in [4.69, 9.17) is 32.7 Å². The van der Waals surface area contributed by atoms with Crippen molar-refractivity contribution in [3.05, 3.63) is 130 Å². The normalized spacial score (nSPS) is 13.0. The molecule has 0 fully saturated rings. The van der Waals surface area contributed by atoms with Crippen molar-refractivity contribution in [3.8, 4) is 11.1 Å². The minimum Gasteiger partial charge on any atom is -0.457 e. The van der Waals surface area contributed by atoms with Crippen LogP contribution in [0.1, 0.15) is 43.0 Å². The molecule has 0 aliphatic heterocycles. The third kappa shape index (κ3) is 4.68. The average molecular weight is 503 g/mol. The average Bonchev–Trinajstić information content (AvgIpc) is 3.12. The first kappa shape index (κ1) is 23.2. The first-order valence-electron chi connectivity index (χ1n) is 11.0. The summed E-state index contributed by atoms with van der Waals surface area (Å²) in [7, 11) is 0. The van der Waals surface area contributed by atoms with Crippen LogP contribution < -0.4 is 0 Å². The molecule has 0 saturated carbocycles. The number of halogens is 2. The Morgan fingerprint density at radius 1 is 0.600 bits per heavy atom. The van der Waals surface area contributed by atoms with Crippen LogP contribution >= 0.6 is 23.2 Å². The van der Waals surface area contributed by atoms with Gasteiger partial charge in [0.15, 0.2) is 4.33 Å². The van der Waals surface area contributed by atoms with Crippen LogP contribution in [0.5, 0.6) is 0 Å². The van der Waals surface area contributed by atoms with Gasteiger partial charge in [-0.3, -0.25) is 0 Å². The number of fused-ring (bicyclic) bond motifs is 3. The maximum Gasteiger partial charge on any atom is 0.338 e. The van der Waals surface area contributed by atoms with E-state index in [9.17, 15) is 9.59 Å². The highest BCUT2D eigenvalue weighted by atomic mass is 35.5. The number of benzene rings is 4. The highest BCUT2D eigenvalue weighted by Gasteiger charge is 2.41. The molecule has 0 bridgehead atoms. The molecule has 6 heteroatoms. The molecule has 0 radical (unpaired) electrons. The summed E-state index contributed by atoms with van der Waals surface area (Å²) in [5, 5.41) is 0. The lowest BCUT2D eigenvalue weighted by atomic mass is 10.0. The molecule has 1 aliphatic rings. The number of alkyl halides is 2. The summed E-state index contributed by atoms with van der Waals surface area (Å²) >= 11 is 13.6. The summed E-state index contributed by atoms with van der Waals surface area (Å²) in [4.78, 5) is 25.3. The lowest BCUT2D eigenvalue weighted by Crippen LogP contribution is -2.12. The van der Waals surface area contributed by atoms with Crippen molar-refractivity contribution in [2.75, 3.05) is 0 Å². The molecule has 35 heavy (non-hydrogen) atoms. The van der Waals surface area contributed by atoms with E-state index in [0.29, 0.717) is 22.3 Å². The van der Waals surface area contributed by atoms with Gasteiger partial charge in [0.1, 0.15) is 13.2 Å². The van der Waals surface area contributed by atoms with Crippen molar-refractivity contribution in [2.45, 2.75) is 17.5 Å². The third-order valence-electron chi connectivity index (χ3n) is 5.90. The molecule has 0 saturated heterocycles. The van der Waals surface area contributed by atoms with Gasteiger partial charge >= 0.3 is 11.9 Å². The Hall–Kier alpha value is -3.60. The van der Waals surface area contributed by atoms with Gasteiger partial charge in [-0.25, -0.2) is 9.59 Å². The maximum atomic E-state index is 12.7. The Kier molecular flexibility index (Phi) is 6.33. The van der Waals surface area contributed by atoms with E-state index >= 15 is 0 Å². The Labute approximate surface area is 213 Å². The number of ether oxygens (including phenoxy) is 2. The monoisotopic (exact) mass is 502 g/mol. The molecule has 0 amide bonds. The van der Waals surface area contributed by atoms with E-state index in [1.54, 1.807) is 36.4 Å². The van der Waals surface area contributed by atoms with Crippen LogP contribution in [-0.2, 0) is 27.0 Å². The van der Waals surface area contributed by atoms with Gasteiger partial charge in [0.05, 0.1) is 11.1 Å². The second kappa shape index (κ2) is 9.57. The van der Waals surface area contributed by atoms with Crippen LogP contribution in [-0.4, -0.2) is 11.9 Å². The maximum absolute atomic E-state index is 12.7. The molecular weight excluding hydrogens is 483 g/mol. The summed E-state index contributed by atoms with van der Waals surface area (Å²) in [6.07, 6.45) is 0. The summed E-state index contributed by atoms with van der Waals surface area (Å²) in [6.45, 7) is 0.330. The van der Waals surface area contributed by atoms with Gasteiger partial charge in [-0.1, -0.05) is 96.0 Å². The van der Waals surface area contributed by atoms with Crippen LogP contribution in [0.4, 0.5) is 0 Å². The third-order valence-corrected chi connectivity index (χ3v) is 6.72. The molecule has 0 spiro atoms. The Balaban J connectivity index is 1.35. The van der Waals surface area contributed by atoms with Crippen molar-refractivity contribution < 1.29 is 19.1 Å². The highest BCUT2D eigenvalue weighted by molar-refractivity contribution is 6.51. The number of hydrogen-bond donors (Lipinski definition) is 0. The van der Waals surface area contributed by atoms with Gasteiger partial charge in [0.2, 0.25) is 0 Å². The minimum atomic E-state index is -1.43. The molecule has 0 aromatic heterocycles. The van der Waals surface area contributed by atoms with Crippen molar-refractivity contribution in [2.24, 2.45) is 0 Å².